The number of carbonyl (C=O) groups excluding carboxylic acids is 2. The molecule has 0 bridgehead atoms. The molecule has 0 saturated heterocycles. The number of amides is 2. The minimum Gasteiger partial charge on any atom is -0.367 e. The molecule has 6 aromatic carbocycles. The maximum Gasteiger partial charge on any atom is 0.277 e. The molecule has 2 heterocycles. The Hall–Kier alpha value is -7.69. The summed E-state index contributed by atoms with van der Waals surface area (Å²) >= 11 is 0. The lowest BCUT2D eigenvalue weighted by atomic mass is 9.78. The van der Waals surface area contributed by atoms with E-state index >= 15 is 0 Å². The number of carbonyl (C=O) groups is 2. The molecule has 1 atom stereocenters. The normalized spacial score (nSPS) is 15.5. The first-order valence-corrected chi connectivity index (χ1v) is 36.3. The summed E-state index contributed by atoms with van der Waals surface area (Å²) in [6.45, 7) is 35.7. The van der Waals surface area contributed by atoms with Crippen LogP contribution in [0.15, 0.2) is 153 Å². The molecule has 14 nitrogen and oxygen atoms in total. The lowest BCUT2D eigenvalue weighted by molar-refractivity contribution is -0.436. The predicted octanol–water partition coefficient (Wildman–Crippen LogP) is 15.0. The van der Waals surface area contributed by atoms with Crippen molar-refractivity contribution in [3.8, 4) is 0 Å². The van der Waals surface area contributed by atoms with Gasteiger partial charge in [0.05, 0.1) is 34.1 Å². The van der Waals surface area contributed by atoms with Gasteiger partial charge in [0, 0.05) is 60.9 Å². The number of allylic oxidation sites excluding steroid dienone is 1. The van der Waals surface area contributed by atoms with Gasteiger partial charge in [0.1, 0.15) is 0 Å². The topological polar surface area (TPSA) is 182 Å². The van der Waals surface area contributed by atoms with Crippen LogP contribution in [0.2, 0.25) is 0 Å². The van der Waals surface area contributed by atoms with Gasteiger partial charge in [0.2, 0.25) is 17.5 Å². The van der Waals surface area contributed by atoms with Gasteiger partial charge in [-0.3, -0.25) is 9.59 Å². The summed E-state index contributed by atoms with van der Waals surface area (Å²) in [5, 5.41) is 14.7. The molecule has 0 spiro atoms. The summed E-state index contributed by atoms with van der Waals surface area (Å²) < 4.78 is 57.6. The highest BCUT2D eigenvalue weighted by Gasteiger charge is 2.46. The molecule has 4 N–H and O–H groups in total. The first-order chi connectivity index (χ1) is 43.9. The van der Waals surface area contributed by atoms with E-state index in [9.17, 15) is 26.4 Å². The Morgan fingerprint density at radius 3 is 1.41 bits per heavy atom. The Morgan fingerprint density at radius 1 is 0.548 bits per heavy atom. The smallest absolute Gasteiger partial charge is 0.277 e. The van der Waals surface area contributed by atoms with Gasteiger partial charge < -0.3 is 15.5 Å². The fourth-order valence-electron chi connectivity index (χ4n) is 13.1. The van der Waals surface area contributed by atoms with Crippen LogP contribution in [0.4, 0.5) is 11.4 Å². The number of hydrogen-bond acceptors (Lipinski definition) is 9. The van der Waals surface area contributed by atoms with Gasteiger partial charge in [0.25, 0.3) is 20.0 Å². The van der Waals surface area contributed by atoms with E-state index in [-0.39, 0.29) is 64.2 Å². The molecule has 6 aromatic rings. The highest BCUT2D eigenvalue weighted by Crippen LogP contribution is 2.47. The molecule has 0 radical (unpaired) electrons. The molecule has 0 fully saturated rings. The van der Waals surface area contributed by atoms with E-state index in [0.717, 1.165) is 79.1 Å². The second kappa shape index (κ2) is 30.2. The summed E-state index contributed by atoms with van der Waals surface area (Å²) in [6.07, 6.45) is 10.2. The zero-order valence-electron chi connectivity index (χ0n) is 57.8. The van der Waals surface area contributed by atoms with E-state index in [1.165, 1.54) is 23.6 Å². The lowest BCUT2D eigenvalue weighted by Crippen LogP contribution is -2.43. The van der Waals surface area contributed by atoms with Gasteiger partial charge in [-0.25, -0.2) is 9.66 Å². The average Bonchev–Trinajstić information content (AvgIpc) is 1.73. The van der Waals surface area contributed by atoms with Crippen LogP contribution in [-0.2, 0) is 53.3 Å². The average molecular weight is 1300 g/mol. The maximum absolute atomic E-state index is 13.8. The van der Waals surface area contributed by atoms with Crippen molar-refractivity contribution in [1.82, 2.24) is 20.3 Å². The van der Waals surface area contributed by atoms with E-state index in [4.69, 9.17) is 0 Å². The fourth-order valence-corrected chi connectivity index (χ4v) is 16.1. The number of rotatable bonds is 29. The van der Waals surface area contributed by atoms with Crippen molar-refractivity contribution in [3.05, 3.63) is 200 Å². The number of hydrogen-bond donors (Lipinski definition) is 4. The predicted molar refractivity (Wildman–Crippen MR) is 382 cm³/mol. The van der Waals surface area contributed by atoms with Crippen molar-refractivity contribution >= 4 is 61.4 Å². The van der Waals surface area contributed by atoms with Crippen molar-refractivity contribution in [3.63, 3.8) is 0 Å². The third kappa shape index (κ3) is 16.8. The van der Waals surface area contributed by atoms with E-state index in [0.29, 0.717) is 61.7 Å². The van der Waals surface area contributed by atoms with Crippen LogP contribution in [0.1, 0.15) is 232 Å². The molecule has 2 aliphatic heterocycles. The van der Waals surface area contributed by atoms with Crippen LogP contribution in [0.5, 0.6) is 0 Å². The van der Waals surface area contributed by atoms with Crippen molar-refractivity contribution in [2.24, 2.45) is 10.2 Å². The molecule has 2 amide bonds. The molecule has 496 valence electrons. The van der Waals surface area contributed by atoms with Gasteiger partial charge in [-0.05, 0) is 136 Å². The van der Waals surface area contributed by atoms with Crippen LogP contribution >= 0.6 is 0 Å². The number of nitrogens with one attached hydrogen (secondary N) is 4. The summed E-state index contributed by atoms with van der Waals surface area (Å²) in [6, 6.07) is 40.6. The van der Waals surface area contributed by atoms with Crippen LogP contribution in [0, 0.1) is 0 Å². The number of nitrogens with zero attached hydrogens (tertiary/aromatic N) is 4. The Kier molecular flexibility index (Phi) is 23.1. The quantitative estimate of drug-likeness (QED) is 0.0205. The minimum atomic E-state index is -3.95. The van der Waals surface area contributed by atoms with Crippen molar-refractivity contribution in [1.29, 1.82) is 0 Å². The fraction of sp³-hybridized carbons (Fsp3) is 0.442. The Bertz CT molecular complexity index is 3950. The van der Waals surface area contributed by atoms with Gasteiger partial charge in [0.15, 0.2) is 12.3 Å². The van der Waals surface area contributed by atoms with Crippen LogP contribution in [0.3, 0.4) is 0 Å². The number of hydrazone groups is 2. The highest BCUT2D eigenvalue weighted by molar-refractivity contribution is 7.89. The maximum atomic E-state index is 13.8. The zero-order valence-corrected chi connectivity index (χ0v) is 59.4. The molecule has 8 rings (SSSR count). The number of anilines is 1. The van der Waals surface area contributed by atoms with Crippen LogP contribution < -0.4 is 25.2 Å². The second-order valence-corrected chi connectivity index (χ2v) is 31.3. The summed E-state index contributed by atoms with van der Waals surface area (Å²) in [5.41, 5.74) is 14.3. The number of para-hydroxylation sites is 2. The summed E-state index contributed by atoms with van der Waals surface area (Å²) in [5.74, 6) is 0.505. The second-order valence-electron chi connectivity index (χ2n) is 28.1. The highest BCUT2D eigenvalue weighted by atomic mass is 32.2. The molecule has 0 saturated carbocycles. The van der Waals surface area contributed by atoms with E-state index in [1.807, 2.05) is 128 Å². The first-order valence-electron chi connectivity index (χ1n) is 33.4. The van der Waals surface area contributed by atoms with Crippen molar-refractivity contribution in [2.75, 3.05) is 31.1 Å². The molecule has 1 unspecified atom stereocenters. The zero-order chi connectivity index (χ0) is 67.7. The Morgan fingerprint density at radius 2 is 0.968 bits per heavy atom. The molecule has 0 aromatic heterocycles. The monoisotopic (exact) mass is 1300 g/mol. The third-order valence-corrected chi connectivity index (χ3v) is 21.3. The van der Waals surface area contributed by atoms with Gasteiger partial charge in [-0.15, -0.1) is 0 Å². The van der Waals surface area contributed by atoms with E-state index < -0.39 is 20.0 Å². The molecule has 2 aliphatic rings. The van der Waals surface area contributed by atoms with E-state index in [2.05, 4.69) is 156 Å². The van der Waals surface area contributed by atoms with Crippen molar-refractivity contribution < 1.29 is 31.0 Å². The van der Waals surface area contributed by atoms with Crippen LogP contribution in [0.25, 0.3) is 0 Å². The largest absolute Gasteiger partial charge is 0.367 e. The Balaban J connectivity index is 0.843. The third-order valence-electron chi connectivity index (χ3n) is 18.6. The Labute approximate surface area is 556 Å². The summed E-state index contributed by atoms with van der Waals surface area (Å²) in [7, 11) is -7.90. The van der Waals surface area contributed by atoms with Crippen LogP contribution in [-0.4, -0.2) is 83.6 Å². The first kappa shape index (κ1) is 71.2. The lowest BCUT2D eigenvalue weighted by Gasteiger charge is -2.34. The minimum absolute atomic E-state index is 0.00654. The number of fused-ring (bicyclic) bond motifs is 2. The number of sulfonamides is 2. The standard InChI is InChI=1S/C77H100N8O6S2/c1-50(2)60-44-62(52(5)6)74(63(45-60)53(7)8)92(88,89)82-80-48-58-32-28-56(29-33-58)36-40-78-72(86)38-42-84-68-24-19-17-22-66(68)76(13,14)70(84)26-21-27-71-77(15,16)67-23-18-20-25-69(67)85(71)43-39-73(87)79-41-37-57-30-34-59(35-31-57)49-81-83-93(90,91)75-64(54(9)10)46-61(51(3)4)47-65(75)55(11)12/h17-26,28-35,44-55,71,82-83H,27,36-43H2,1-16H3,(H-,78,79,86,87)/p+1/b26-21+,80-48+,81-49+. The molecule has 93 heavy (non-hydrogen) atoms. The van der Waals surface area contributed by atoms with Gasteiger partial charge in [-0.1, -0.05) is 212 Å². The number of benzene rings is 6. The summed E-state index contributed by atoms with van der Waals surface area (Å²) in [4.78, 5) is 35.2. The van der Waals surface area contributed by atoms with E-state index in [1.54, 1.807) is 0 Å². The molecule has 0 aliphatic carbocycles. The SMILES string of the molecule is CC(C)c1cc(C(C)C)c(S(=O)(=O)N/N=C/c2ccc(CCNC(=O)CCN3c4ccccc4C(C)(C)C3C/C=C/C3=[N+](CCC(=O)NCCc4ccc(/C=N/NS(=O)(=O)c5c(C(C)C)cc(C(C)C)cc5C(C)C)cc4)c4ccccc4C3(C)C)cc2)c(C(C)C)c1. The molecular weight excluding hydrogens is 1200 g/mol. The van der Waals surface area contributed by atoms with Crippen molar-refractivity contribution in [2.45, 2.75) is 205 Å². The molecular formula is C77H101N8O6S2+. The van der Waals surface area contributed by atoms with Gasteiger partial charge in [-0.2, -0.15) is 31.6 Å². The molecule has 16 heteroatoms. The van der Waals surface area contributed by atoms with Gasteiger partial charge >= 0.3 is 0 Å².